The predicted molar refractivity (Wildman–Crippen MR) is 521 cm³/mol. The van der Waals surface area contributed by atoms with E-state index in [9.17, 15) is 28.8 Å². The first-order valence-electron chi connectivity index (χ1n) is 45.3. The number of rotatable bonds is 42. The summed E-state index contributed by atoms with van der Waals surface area (Å²) in [5.41, 5.74) is 9.84. The molecule has 4 unspecified atom stereocenters. The van der Waals surface area contributed by atoms with Gasteiger partial charge in [0.1, 0.15) is 6.29 Å². The number of hydrogen-bond acceptors (Lipinski definition) is 15. The van der Waals surface area contributed by atoms with Crippen molar-refractivity contribution < 1.29 is 104 Å². The molecule has 4 N–H and O–H groups in total. The summed E-state index contributed by atoms with van der Waals surface area (Å²) < 4.78 is 19.4. The average Bonchev–Trinajstić information content (AvgIpc) is 0.764. The molecule has 22 heteroatoms. The standard InChI is InChI=1S/C29H40ClNO2.C22H34ClNO2.C22H28ClN.C19H28ClNO2.C7H6O.C4H6O3.CH4O.CH3.B.Na.Pd.H/c1-4-33-28(32)13-8-9-20-31(22-24-11-6-5-7-12-24)27(21-23(2)3)29(18-10-19-29)25-14-16-26(30)17-15-25;1-4-26-21(25)8-5-6-15-24-20(16-17(2)3)22(13-7-14-22)18-9-11-19(23)12-10-18;1-17(2)15-21(24-16-18-7-4-3-5-8-18)22(13-6-14-22)19-9-11-20(23)12-10-19;1-4-23-18(22)13-21-17(12-14(2)3)19(10-5-11-19)15-6-8-16(20)9-7-15;8-6-7-4-2-1-3-5-7;1-2-7-4(6)3-5;1-2;;;;;/h5-7,11-12,14-17,23,27H,4,8-10,13,18-22H2,1-3H3;9-12,17,20,24H,4-8,13-16H2,1-3H3;3-5,7-12,17,21,24H,6,13-16H2,1-2H3;6-9,14,17,21H,4-5,10-13H2,1-3H3;1-6H;3H,2H2,1H3;2H,1H3;1H3;;;;/q;;;;;;;-1;;+1;;-1. The minimum Gasteiger partial charge on any atom is -1.00 e. The quantitative estimate of drug-likeness (QED) is 0.00535. The van der Waals surface area contributed by atoms with E-state index in [1.54, 1.807) is 19.1 Å². The van der Waals surface area contributed by atoms with E-state index >= 15 is 0 Å². The van der Waals surface area contributed by atoms with Gasteiger partial charge in [-0.25, -0.2) is 4.79 Å². The second kappa shape index (κ2) is 65.9. The molecule has 0 aliphatic heterocycles. The van der Waals surface area contributed by atoms with E-state index in [2.05, 4.69) is 190 Å². The van der Waals surface area contributed by atoms with Gasteiger partial charge in [0.2, 0.25) is 6.29 Å². The molecule has 4 aliphatic carbocycles. The molecule has 127 heavy (non-hydrogen) atoms. The largest absolute Gasteiger partial charge is 1.00 e. The molecular weight excluding hydrogens is 1780 g/mol. The molecule has 0 spiro atoms. The number of unbranched alkanes of at least 4 members (excludes halogenated alkanes) is 2. The predicted octanol–water partition coefficient (Wildman–Crippen LogP) is 21.2. The monoisotopic (exact) mass is 1920 g/mol. The van der Waals surface area contributed by atoms with Gasteiger partial charge >= 0.3 is 53.4 Å². The fraction of sp³-hybridized carbons (Fsp3) is 0.533. The van der Waals surface area contributed by atoms with Crippen LogP contribution in [0.2, 0.25) is 20.1 Å². The molecule has 0 amide bonds. The smallest absolute Gasteiger partial charge is 1.00 e. The first kappa shape index (κ1) is 119. The summed E-state index contributed by atoms with van der Waals surface area (Å²) in [6, 6.07) is 66.1. The molecule has 0 saturated heterocycles. The zero-order valence-corrected chi connectivity index (χ0v) is 85.6. The fourth-order valence-electron chi connectivity index (χ4n) is 17.6. The molecule has 4 atom stereocenters. The maximum atomic E-state index is 11.8. The first-order chi connectivity index (χ1) is 59.2. The summed E-state index contributed by atoms with van der Waals surface area (Å²) in [6.07, 6.45) is 25.2. The van der Waals surface area contributed by atoms with Gasteiger partial charge in [-0.2, -0.15) is 0 Å². The molecule has 7 aromatic carbocycles. The molecule has 0 heterocycles. The van der Waals surface area contributed by atoms with Crippen LogP contribution < -0.4 is 45.5 Å². The van der Waals surface area contributed by atoms with Crippen LogP contribution in [0.3, 0.4) is 0 Å². The number of aldehydes is 2. The zero-order valence-electron chi connectivity index (χ0n) is 80.0. The van der Waals surface area contributed by atoms with Crippen LogP contribution >= 0.6 is 46.4 Å². The Labute approximate surface area is 824 Å². The van der Waals surface area contributed by atoms with Gasteiger partial charge in [0.15, 0.2) is 0 Å². The van der Waals surface area contributed by atoms with E-state index in [1.807, 2.05) is 87.5 Å². The van der Waals surface area contributed by atoms with Crippen LogP contribution in [0.4, 0.5) is 0 Å². The summed E-state index contributed by atoms with van der Waals surface area (Å²) in [5.74, 6) is 1.37. The summed E-state index contributed by atoms with van der Waals surface area (Å²) in [6.45, 7) is 31.3. The Hall–Kier alpha value is -5.55. The number of ether oxygens (including phenoxy) is 4. The SMILES string of the molecule is CC(C)CC(NCc1ccccc1)C1(c2ccc(Cl)cc2)CCC1.CCOC(=O)C=O.CCOC(=O)CCCCN(Cc1ccccc1)C(CC(C)C)C1(c2ccc(Cl)cc2)CCC1.CCOC(=O)CCCCNC(CC(C)C)C1(c2ccc(Cl)cc2)CCC1.CCOC(=O)CNC(CC(C)C)C1(c2ccc(Cl)cc2)CCC1.CO.O=Cc1ccccc1.[B].[CH3-].[H-].[Na+].[Pd]. The first-order valence-corrected chi connectivity index (χ1v) is 46.9. The molecule has 11 rings (SSSR count). The van der Waals surface area contributed by atoms with Crippen LogP contribution in [-0.4, -0.2) is 132 Å². The number of nitrogens with zero attached hydrogens (tertiary/aromatic N) is 1. The Bertz CT molecular complexity index is 4080. The number of benzene rings is 7. The average molecular weight is 1930 g/mol. The van der Waals surface area contributed by atoms with Gasteiger partial charge in [-0.1, -0.05) is 267 Å². The molecule has 0 aromatic heterocycles. The van der Waals surface area contributed by atoms with Crippen molar-refractivity contribution in [3.05, 3.63) is 255 Å². The van der Waals surface area contributed by atoms with E-state index in [1.165, 1.54) is 110 Å². The molecule has 0 bridgehead atoms. The second-order valence-corrected chi connectivity index (χ2v) is 36.4. The molecule has 4 aliphatic rings. The zero-order chi connectivity index (χ0) is 90.1. The van der Waals surface area contributed by atoms with E-state index in [0.29, 0.717) is 74.5 Å². The Morgan fingerprint density at radius 3 is 1.06 bits per heavy atom. The Kier molecular flexibility index (Phi) is 62.0. The number of aliphatic hydroxyl groups is 1. The number of esters is 4. The third-order valence-electron chi connectivity index (χ3n) is 24.2. The fourth-order valence-corrected chi connectivity index (χ4v) is 18.1. The van der Waals surface area contributed by atoms with E-state index in [4.69, 9.17) is 65.7 Å². The van der Waals surface area contributed by atoms with Crippen molar-refractivity contribution in [1.82, 2.24) is 20.9 Å². The second-order valence-electron chi connectivity index (χ2n) is 34.6. The molecule has 15 nitrogen and oxygen atoms in total. The summed E-state index contributed by atoms with van der Waals surface area (Å²) in [5, 5.41) is 21.4. The number of carbonyl (C=O) groups excluding carboxylic acids is 6. The maximum Gasteiger partial charge on any atom is 1.00 e. The van der Waals surface area contributed by atoms with Crippen LogP contribution in [0.1, 0.15) is 270 Å². The summed E-state index contributed by atoms with van der Waals surface area (Å²) in [7, 11) is 1.00. The van der Waals surface area contributed by atoms with Crippen LogP contribution in [0.5, 0.6) is 0 Å². The van der Waals surface area contributed by atoms with Crippen molar-refractivity contribution >= 4 is 91.3 Å². The van der Waals surface area contributed by atoms with Gasteiger partial charge in [0.25, 0.3) is 0 Å². The minimum absolute atomic E-state index is 0. The number of hydrogen-bond donors (Lipinski definition) is 4. The molecular formula is C105H150BCl4N4NaO11Pd-. The maximum absolute atomic E-state index is 11.8. The van der Waals surface area contributed by atoms with E-state index in [-0.39, 0.29) is 132 Å². The molecule has 3 radical (unpaired) electrons. The number of carbonyl (C=O) groups is 6. The van der Waals surface area contributed by atoms with Crippen LogP contribution in [0.15, 0.2) is 188 Å². The minimum atomic E-state index is -0.803. The van der Waals surface area contributed by atoms with Gasteiger partial charge in [-0.05, 0) is 249 Å². The third-order valence-corrected chi connectivity index (χ3v) is 25.2. The van der Waals surface area contributed by atoms with Crippen molar-refractivity contribution in [3.8, 4) is 0 Å². The molecule has 4 fully saturated rings. The molecule has 699 valence electrons. The van der Waals surface area contributed by atoms with Crippen LogP contribution in [-0.2, 0) is 98.1 Å². The normalized spacial score (nSPS) is 15.1. The van der Waals surface area contributed by atoms with Crippen molar-refractivity contribution in [2.75, 3.05) is 53.2 Å². The molecule has 7 aromatic rings. The van der Waals surface area contributed by atoms with Crippen molar-refractivity contribution in [1.29, 1.82) is 0 Å². The van der Waals surface area contributed by atoms with Crippen molar-refractivity contribution in [3.63, 3.8) is 0 Å². The number of aliphatic hydroxyl groups excluding tert-OH is 1. The Morgan fingerprint density at radius 2 is 0.748 bits per heavy atom. The third kappa shape index (κ3) is 40.8. The van der Waals surface area contributed by atoms with Gasteiger partial charge < -0.3 is 48.9 Å². The summed E-state index contributed by atoms with van der Waals surface area (Å²) >= 11 is 24.5. The number of halogens is 4. The van der Waals surface area contributed by atoms with Gasteiger partial charge in [-0.3, -0.25) is 28.9 Å². The van der Waals surface area contributed by atoms with Crippen molar-refractivity contribution in [2.24, 2.45) is 23.7 Å². The van der Waals surface area contributed by atoms with E-state index in [0.717, 1.165) is 117 Å². The topological polar surface area (TPSA) is 199 Å². The molecule has 4 saturated carbocycles. The van der Waals surface area contributed by atoms with Crippen LogP contribution in [0, 0.1) is 31.1 Å². The van der Waals surface area contributed by atoms with Crippen LogP contribution in [0.25, 0.3) is 0 Å². The van der Waals surface area contributed by atoms with Gasteiger partial charge in [0.05, 0.1) is 33.0 Å². The Balaban J connectivity index is 0.00000157. The van der Waals surface area contributed by atoms with Crippen molar-refractivity contribution in [2.45, 2.75) is 283 Å². The number of nitrogens with one attached hydrogen (secondary N) is 3. The van der Waals surface area contributed by atoms with Gasteiger partial charge in [-0.15, -0.1) is 0 Å². The summed E-state index contributed by atoms with van der Waals surface area (Å²) in [4.78, 5) is 67.0. The Morgan fingerprint density at radius 1 is 0.425 bits per heavy atom. The van der Waals surface area contributed by atoms with E-state index < -0.39 is 5.97 Å². The van der Waals surface area contributed by atoms with Gasteiger partial charge in [0, 0.05) is 133 Å².